The Bertz CT molecular complexity index is 915. The molecule has 2 unspecified atom stereocenters. The number of hydrogen-bond acceptors (Lipinski definition) is 6. The average Bonchev–Trinajstić information content (AvgIpc) is 3.08. The van der Waals surface area contributed by atoms with E-state index >= 15 is 0 Å². The molecule has 51 heavy (non-hydrogen) atoms. The predicted octanol–water partition coefficient (Wildman–Crippen LogP) is 11.8. The van der Waals surface area contributed by atoms with Crippen LogP contribution in [0.2, 0.25) is 0 Å². The summed E-state index contributed by atoms with van der Waals surface area (Å²) in [6.07, 6.45) is 40.3. The van der Waals surface area contributed by atoms with Crippen molar-refractivity contribution in [3.8, 4) is 0 Å². The SMILES string of the molecule is CCCCC/C=C\CCCCCCCC(=O)OC(COCCCCCCCC/C=C\C/C=C\CCCCCC)COP(=O)(O)OCC[N+](C)(C)C. The Morgan fingerprint density at radius 1 is 0.608 bits per heavy atom. The summed E-state index contributed by atoms with van der Waals surface area (Å²) in [6, 6.07) is 0. The van der Waals surface area contributed by atoms with Crippen molar-refractivity contribution in [2.75, 3.05) is 54.1 Å². The fourth-order valence-corrected chi connectivity index (χ4v) is 6.14. The van der Waals surface area contributed by atoms with Crippen LogP contribution in [0.25, 0.3) is 0 Å². The van der Waals surface area contributed by atoms with Crippen molar-refractivity contribution in [3.63, 3.8) is 0 Å². The highest BCUT2D eigenvalue weighted by atomic mass is 31.2. The van der Waals surface area contributed by atoms with E-state index in [1.165, 1.54) is 89.9 Å². The Labute approximate surface area is 315 Å². The van der Waals surface area contributed by atoms with Gasteiger partial charge in [-0.25, -0.2) is 4.57 Å². The minimum atomic E-state index is -4.27. The van der Waals surface area contributed by atoms with Gasteiger partial charge in [0.2, 0.25) is 0 Å². The van der Waals surface area contributed by atoms with Gasteiger partial charge in [0.25, 0.3) is 0 Å². The quantitative estimate of drug-likeness (QED) is 0.0221. The maximum absolute atomic E-state index is 12.6. The zero-order valence-corrected chi connectivity index (χ0v) is 34.7. The van der Waals surface area contributed by atoms with E-state index in [9.17, 15) is 14.3 Å². The maximum Gasteiger partial charge on any atom is 0.472 e. The van der Waals surface area contributed by atoms with Gasteiger partial charge in [0, 0.05) is 13.0 Å². The molecule has 0 saturated carbocycles. The first kappa shape index (κ1) is 49.7. The van der Waals surface area contributed by atoms with Gasteiger partial charge >= 0.3 is 13.8 Å². The summed E-state index contributed by atoms with van der Waals surface area (Å²) in [7, 11) is 1.65. The van der Waals surface area contributed by atoms with Crippen molar-refractivity contribution in [2.24, 2.45) is 0 Å². The number of likely N-dealkylation sites (N-methyl/N-ethyl adjacent to an activating group) is 1. The lowest BCUT2D eigenvalue weighted by molar-refractivity contribution is -0.870. The third-order valence-electron chi connectivity index (χ3n) is 8.67. The number of unbranched alkanes of at least 4 members (excludes halogenated alkanes) is 18. The minimum Gasteiger partial charge on any atom is -0.457 e. The number of phosphoric acid groups is 1. The van der Waals surface area contributed by atoms with Gasteiger partial charge in [0.1, 0.15) is 19.3 Å². The molecule has 0 aromatic heterocycles. The van der Waals surface area contributed by atoms with E-state index in [1.54, 1.807) is 0 Å². The monoisotopic (exact) mass is 743 g/mol. The van der Waals surface area contributed by atoms with E-state index in [0.717, 1.165) is 57.8 Å². The summed E-state index contributed by atoms with van der Waals surface area (Å²) in [4.78, 5) is 22.8. The van der Waals surface area contributed by atoms with Gasteiger partial charge < -0.3 is 18.9 Å². The summed E-state index contributed by atoms with van der Waals surface area (Å²) >= 11 is 0. The number of phosphoric ester groups is 1. The van der Waals surface area contributed by atoms with E-state index < -0.39 is 13.9 Å². The number of ether oxygens (including phenoxy) is 2. The molecule has 2 atom stereocenters. The number of allylic oxidation sites excluding steroid dienone is 6. The normalized spacial score (nSPS) is 14.2. The summed E-state index contributed by atoms with van der Waals surface area (Å²) < 4.78 is 34.9. The second kappa shape index (κ2) is 35.7. The van der Waals surface area contributed by atoms with Crippen LogP contribution in [0, 0.1) is 0 Å². The molecule has 300 valence electrons. The van der Waals surface area contributed by atoms with Crippen LogP contribution in [-0.4, -0.2) is 75.6 Å². The molecule has 0 fully saturated rings. The Morgan fingerprint density at radius 3 is 1.65 bits per heavy atom. The lowest BCUT2D eigenvalue weighted by Gasteiger charge is -2.24. The van der Waals surface area contributed by atoms with Crippen LogP contribution in [0.3, 0.4) is 0 Å². The summed E-state index contributed by atoms with van der Waals surface area (Å²) in [5.41, 5.74) is 0. The Balaban J connectivity index is 4.28. The maximum atomic E-state index is 12.6. The highest BCUT2D eigenvalue weighted by molar-refractivity contribution is 7.47. The fourth-order valence-electron chi connectivity index (χ4n) is 5.40. The van der Waals surface area contributed by atoms with E-state index in [-0.39, 0.29) is 25.8 Å². The average molecular weight is 743 g/mol. The molecule has 9 heteroatoms. The number of quaternary nitrogens is 1. The number of nitrogens with zero attached hydrogens (tertiary/aromatic N) is 1. The second-order valence-corrected chi connectivity index (χ2v) is 16.5. The molecular formula is C42H81NO7P+. The molecule has 0 bridgehead atoms. The molecule has 0 saturated heterocycles. The molecule has 0 aliphatic rings. The van der Waals surface area contributed by atoms with Gasteiger partial charge in [0.05, 0.1) is 34.4 Å². The molecule has 0 rings (SSSR count). The second-order valence-electron chi connectivity index (χ2n) is 15.0. The predicted molar refractivity (Wildman–Crippen MR) is 215 cm³/mol. The van der Waals surface area contributed by atoms with Crippen LogP contribution in [-0.2, 0) is 27.9 Å². The Morgan fingerprint density at radius 2 is 1.08 bits per heavy atom. The Hall–Kier alpha value is -1.28. The third-order valence-corrected chi connectivity index (χ3v) is 9.66. The van der Waals surface area contributed by atoms with Crippen molar-refractivity contribution in [1.29, 1.82) is 0 Å². The highest BCUT2D eigenvalue weighted by Gasteiger charge is 2.26. The van der Waals surface area contributed by atoms with Crippen molar-refractivity contribution in [3.05, 3.63) is 36.5 Å². The third kappa shape index (κ3) is 39.8. The molecule has 0 heterocycles. The van der Waals surface area contributed by atoms with Crippen LogP contribution >= 0.6 is 7.82 Å². The van der Waals surface area contributed by atoms with Gasteiger partial charge in [-0.15, -0.1) is 0 Å². The molecule has 0 aliphatic heterocycles. The lowest BCUT2D eigenvalue weighted by Crippen LogP contribution is -2.37. The van der Waals surface area contributed by atoms with E-state index in [2.05, 4.69) is 50.3 Å². The largest absolute Gasteiger partial charge is 0.472 e. The number of rotatable bonds is 38. The molecule has 0 spiro atoms. The highest BCUT2D eigenvalue weighted by Crippen LogP contribution is 2.43. The number of carbonyl (C=O) groups is 1. The van der Waals surface area contributed by atoms with E-state index in [0.29, 0.717) is 24.1 Å². The van der Waals surface area contributed by atoms with Crippen molar-refractivity contribution >= 4 is 13.8 Å². The van der Waals surface area contributed by atoms with Crippen molar-refractivity contribution < 1.29 is 37.3 Å². The molecular weight excluding hydrogens is 661 g/mol. The van der Waals surface area contributed by atoms with Crippen LogP contribution < -0.4 is 0 Å². The molecule has 8 nitrogen and oxygen atoms in total. The van der Waals surface area contributed by atoms with E-state index in [1.807, 2.05) is 21.1 Å². The van der Waals surface area contributed by atoms with Crippen molar-refractivity contribution in [1.82, 2.24) is 0 Å². The number of carbonyl (C=O) groups excluding carboxylic acids is 1. The summed E-state index contributed by atoms with van der Waals surface area (Å²) in [5.74, 6) is -0.329. The molecule has 0 radical (unpaired) electrons. The molecule has 1 N–H and O–H groups in total. The molecule has 0 aromatic rings. The first-order valence-electron chi connectivity index (χ1n) is 20.7. The topological polar surface area (TPSA) is 91.3 Å². The molecule has 0 aromatic carbocycles. The number of esters is 1. The first-order valence-corrected chi connectivity index (χ1v) is 22.2. The zero-order valence-electron chi connectivity index (χ0n) is 33.8. The van der Waals surface area contributed by atoms with Crippen molar-refractivity contribution in [2.45, 2.75) is 174 Å². The van der Waals surface area contributed by atoms with Crippen LogP contribution in [0.15, 0.2) is 36.5 Å². The van der Waals surface area contributed by atoms with Crippen LogP contribution in [0.5, 0.6) is 0 Å². The van der Waals surface area contributed by atoms with Gasteiger partial charge in [0.15, 0.2) is 0 Å². The Kier molecular flexibility index (Phi) is 34.8. The summed E-state index contributed by atoms with van der Waals surface area (Å²) in [5, 5.41) is 0. The van der Waals surface area contributed by atoms with Gasteiger partial charge in [-0.3, -0.25) is 13.8 Å². The zero-order chi connectivity index (χ0) is 37.7. The molecule has 0 amide bonds. The standard InChI is InChI=1S/C42H80NO7P/c1-6-8-10-12-14-16-18-20-21-22-23-24-26-28-30-32-34-37-47-39-41(40-49-51(45,46)48-38-36-43(3,4)5)50-42(44)35-33-31-29-27-25-19-17-15-13-11-9-7-2/h15-18,21-22,41H,6-14,19-20,23-40H2,1-5H3/p+1/b17-15-,18-16-,22-21-. The van der Waals surface area contributed by atoms with Gasteiger partial charge in [-0.05, 0) is 70.6 Å². The minimum absolute atomic E-state index is 0.0844. The van der Waals surface area contributed by atoms with Gasteiger partial charge in [-0.2, -0.15) is 0 Å². The van der Waals surface area contributed by atoms with E-state index in [4.69, 9.17) is 18.5 Å². The fraction of sp³-hybridized carbons (Fsp3) is 0.833. The smallest absolute Gasteiger partial charge is 0.457 e. The first-order chi connectivity index (χ1) is 24.6. The van der Waals surface area contributed by atoms with Crippen LogP contribution in [0.4, 0.5) is 0 Å². The van der Waals surface area contributed by atoms with Crippen LogP contribution in [0.1, 0.15) is 168 Å². The van der Waals surface area contributed by atoms with Gasteiger partial charge in [-0.1, -0.05) is 127 Å². The lowest BCUT2D eigenvalue weighted by atomic mass is 10.1. The summed E-state index contributed by atoms with van der Waals surface area (Å²) in [6.45, 7) is 5.54. The molecule has 0 aliphatic carbocycles. The number of hydrogen-bond donors (Lipinski definition) is 1.